The Labute approximate surface area is 248 Å². The molecule has 0 aromatic rings. The highest BCUT2D eigenvalue weighted by Gasteiger charge is 2.48. The van der Waals surface area contributed by atoms with E-state index in [0.717, 1.165) is 25.0 Å². The molecule has 0 aromatic heterocycles. The molecular formula is C22H32N4O11S4. The third-order valence-corrected chi connectivity index (χ3v) is 11.2. The van der Waals surface area contributed by atoms with Gasteiger partial charge >= 0.3 is 18.0 Å². The van der Waals surface area contributed by atoms with E-state index in [4.69, 9.17) is 9.29 Å². The molecule has 0 unspecified atom stereocenters. The van der Waals surface area contributed by atoms with Gasteiger partial charge in [-0.05, 0) is 12.8 Å². The average Bonchev–Trinajstić information content (AvgIpc) is 3.54. The van der Waals surface area contributed by atoms with E-state index in [9.17, 15) is 37.2 Å². The number of esters is 1. The monoisotopic (exact) mass is 656 g/mol. The van der Waals surface area contributed by atoms with Gasteiger partial charge in [0.25, 0.3) is 21.9 Å². The van der Waals surface area contributed by atoms with Gasteiger partial charge in [-0.25, -0.2) is 9.59 Å². The molecule has 41 heavy (non-hydrogen) atoms. The van der Waals surface area contributed by atoms with E-state index in [-0.39, 0.29) is 60.8 Å². The standard InChI is InChI=1S/C22H32N4O11S4/c27-16(4-2-1-3-14-20-13(12-38-14)24-22(32)25-20)23-7-8-36-18(29)5-9-39-40-10-6-19(30)37-26-17(28)11-15(21(26)31)41(33,34)35/h13-15,20H,1-12H2,(H,23,27)(H2,24,25,32)(H,33,34,35)/t13-,14+,15-,20-/m0/s1. The van der Waals surface area contributed by atoms with Crippen LogP contribution >= 0.6 is 33.3 Å². The van der Waals surface area contributed by atoms with Crippen LogP contribution in [0.4, 0.5) is 4.79 Å². The first kappa shape index (κ1) is 33.3. The fourth-order valence-corrected chi connectivity index (χ4v) is 8.41. The summed E-state index contributed by atoms with van der Waals surface area (Å²) in [5, 5.41) is 7.00. The summed E-state index contributed by atoms with van der Waals surface area (Å²) in [7, 11) is -2.25. The lowest BCUT2D eigenvalue weighted by atomic mass is 10.0. The molecule has 3 aliphatic heterocycles. The van der Waals surface area contributed by atoms with Crippen LogP contribution in [0.25, 0.3) is 0 Å². The number of carbonyl (C=O) groups excluding carboxylic acids is 6. The van der Waals surface area contributed by atoms with E-state index in [1.54, 1.807) is 0 Å². The highest BCUT2D eigenvalue weighted by atomic mass is 33.1. The molecule has 0 spiro atoms. The van der Waals surface area contributed by atoms with E-state index >= 15 is 0 Å². The molecule has 3 rings (SSSR count). The number of hydrogen-bond acceptors (Lipinski definition) is 13. The molecule has 3 aliphatic rings. The van der Waals surface area contributed by atoms with Gasteiger partial charge in [-0.3, -0.25) is 23.7 Å². The maximum Gasteiger partial charge on any atom is 0.334 e. The number of amides is 5. The molecule has 0 aromatic carbocycles. The molecule has 230 valence electrons. The Balaban J connectivity index is 1.13. The summed E-state index contributed by atoms with van der Waals surface area (Å²) in [4.78, 5) is 75.2. The molecule has 0 radical (unpaired) electrons. The summed E-state index contributed by atoms with van der Waals surface area (Å²) >= 11 is 1.84. The second kappa shape index (κ2) is 15.9. The Hall–Kier alpha value is -2.22. The third-order valence-electron chi connectivity index (χ3n) is 6.25. The molecule has 3 heterocycles. The zero-order valence-electron chi connectivity index (χ0n) is 21.9. The van der Waals surface area contributed by atoms with Gasteiger partial charge in [-0.2, -0.15) is 20.2 Å². The largest absolute Gasteiger partial charge is 0.464 e. The quantitative estimate of drug-likeness (QED) is 0.0405. The molecule has 0 bridgehead atoms. The maximum absolute atomic E-state index is 12.0. The van der Waals surface area contributed by atoms with Gasteiger partial charge in [0, 0.05) is 28.9 Å². The molecule has 0 aliphatic carbocycles. The smallest absolute Gasteiger partial charge is 0.334 e. The summed E-state index contributed by atoms with van der Waals surface area (Å²) < 4.78 is 36.2. The molecular weight excluding hydrogens is 625 g/mol. The highest BCUT2D eigenvalue weighted by molar-refractivity contribution is 8.76. The number of hydrogen-bond donors (Lipinski definition) is 4. The minimum atomic E-state index is -4.79. The fourth-order valence-electron chi connectivity index (χ4n) is 4.22. The number of imide groups is 1. The van der Waals surface area contributed by atoms with Crippen LogP contribution in [0.3, 0.4) is 0 Å². The number of fused-ring (bicyclic) bond motifs is 1. The Morgan fingerprint density at radius 3 is 2.44 bits per heavy atom. The predicted molar refractivity (Wildman–Crippen MR) is 150 cm³/mol. The number of rotatable bonds is 17. The van der Waals surface area contributed by atoms with Crippen LogP contribution in [0, 0.1) is 0 Å². The number of ether oxygens (including phenoxy) is 1. The second-order valence-electron chi connectivity index (χ2n) is 9.28. The van der Waals surface area contributed by atoms with Crippen molar-refractivity contribution in [1.82, 2.24) is 21.0 Å². The second-order valence-corrected chi connectivity index (χ2v) is 14.9. The lowest BCUT2D eigenvalue weighted by molar-refractivity contribution is -0.197. The van der Waals surface area contributed by atoms with Gasteiger partial charge in [-0.1, -0.05) is 28.0 Å². The molecule has 4 N–H and O–H groups in total. The Bertz CT molecular complexity index is 1120. The van der Waals surface area contributed by atoms with Crippen molar-refractivity contribution >= 4 is 79.2 Å². The first-order valence-electron chi connectivity index (χ1n) is 12.8. The van der Waals surface area contributed by atoms with Gasteiger partial charge in [0.15, 0.2) is 5.25 Å². The molecule has 0 saturated carbocycles. The average molecular weight is 657 g/mol. The van der Waals surface area contributed by atoms with Crippen LogP contribution in [0.15, 0.2) is 0 Å². The Morgan fingerprint density at radius 2 is 1.76 bits per heavy atom. The zero-order chi connectivity index (χ0) is 30.0. The summed E-state index contributed by atoms with van der Waals surface area (Å²) in [6.07, 6.45) is 2.04. The third kappa shape index (κ3) is 10.5. The van der Waals surface area contributed by atoms with Gasteiger partial charge in [0.05, 0.1) is 37.9 Å². The number of carbonyl (C=O) groups is 6. The molecule has 19 heteroatoms. The minimum Gasteiger partial charge on any atom is -0.464 e. The predicted octanol–water partition coefficient (Wildman–Crippen LogP) is 0.00670. The maximum atomic E-state index is 12.0. The highest BCUT2D eigenvalue weighted by Crippen LogP contribution is 2.33. The fraction of sp³-hybridized carbons (Fsp3) is 0.727. The van der Waals surface area contributed by atoms with Crippen LogP contribution in [0.1, 0.15) is 44.9 Å². The lowest BCUT2D eigenvalue weighted by Gasteiger charge is -2.16. The van der Waals surface area contributed by atoms with Crippen molar-refractivity contribution in [2.24, 2.45) is 0 Å². The molecule has 3 fully saturated rings. The number of thioether (sulfide) groups is 1. The van der Waals surface area contributed by atoms with E-state index in [1.807, 2.05) is 11.8 Å². The molecule has 4 atom stereocenters. The minimum absolute atomic E-state index is 0.0507. The Morgan fingerprint density at radius 1 is 1.05 bits per heavy atom. The summed E-state index contributed by atoms with van der Waals surface area (Å²) in [6.45, 7) is 0.261. The van der Waals surface area contributed by atoms with Crippen molar-refractivity contribution in [1.29, 1.82) is 0 Å². The van der Waals surface area contributed by atoms with Gasteiger partial charge in [0.2, 0.25) is 5.91 Å². The van der Waals surface area contributed by atoms with Crippen molar-refractivity contribution in [2.45, 2.75) is 67.5 Å². The number of hydroxylamine groups is 2. The van der Waals surface area contributed by atoms with Gasteiger partial charge in [-0.15, -0.1) is 5.06 Å². The van der Waals surface area contributed by atoms with Crippen molar-refractivity contribution in [2.75, 3.05) is 30.4 Å². The van der Waals surface area contributed by atoms with E-state index in [0.29, 0.717) is 17.4 Å². The lowest BCUT2D eigenvalue weighted by Crippen LogP contribution is -2.36. The number of nitrogens with one attached hydrogen (secondary N) is 3. The van der Waals surface area contributed by atoms with Crippen LogP contribution in [-0.4, -0.2) is 107 Å². The van der Waals surface area contributed by atoms with Crippen molar-refractivity contribution < 1.29 is 51.3 Å². The molecule has 15 nitrogen and oxygen atoms in total. The number of unbranched alkanes of at least 4 members (excludes halogenated alkanes) is 1. The topological polar surface area (TPSA) is 215 Å². The zero-order valence-corrected chi connectivity index (χ0v) is 25.2. The van der Waals surface area contributed by atoms with Crippen LogP contribution in [-0.2, 0) is 43.7 Å². The van der Waals surface area contributed by atoms with Gasteiger partial charge in [0.1, 0.15) is 6.61 Å². The normalized spacial score (nSPS) is 23.6. The first-order valence-corrected chi connectivity index (χ1v) is 17.9. The summed E-state index contributed by atoms with van der Waals surface area (Å²) in [6, 6.07) is 0.237. The van der Waals surface area contributed by atoms with Crippen molar-refractivity contribution in [3.63, 3.8) is 0 Å². The summed E-state index contributed by atoms with van der Waals surface area (Å²) in [5.74, 6) is -2.32. The molecule has 3 saturated heterocycles. The number of nitrogens with zero attached hydrogens (tertiary/aromatic N) is 1. The summed E-state index contributed by atoms with van der Waals surface area (Å²) in [5.41, 5.74) is 0. The molecule has 5 amide bonds. The van der Waals surface area contributed by atoms with Crippen molar-refractivity contribution in [3.8, 4) is 0 Å². The van der Waals surface area contributed by atoms with E-state index in [2.05, 4.69) is 20.8 Å². The first-order chi connectivity index (χ1) is 19.5. The van der Waals surface area contributed by atoms with E-state index < -0.39 is 45.5 Å². The van der Waals surface area contributed by atoms with Crippen molar-refractivity contribution in [3.05, 3.63) is 0 Å². The number of urea groups is 1. The van der Waals surface area contributed by atoms with Crippen LogP contribution in [0.5, 0.6) is 0 Å². The Kier molecular flexibility index (Phi) is 12.9. The van der Waals surface area contributed by atoms with Crippen LogP contribution in [0.2, 0.25) is 0 Å². The van der Waals surface area contributed by atoms with Crippen LogP contribution < -0.4 is 16.0 Å². The SMILES string of the molecule is O=C(CCCC[C@H]1SC[C@@H]2NC(=O)N[C@@H]21)NCCOC(=O)CCSSCCC(=O)ON1C(=O)C[C@H](S(=O)(=O)O)C1=O. The van der Waals surface area contributed by atoms with E-state index in [1.165, 1.54) is 21.6 Å². The van der Waals surface area contributed by atoms with Gasteiger partial charge < -0.3 is 25.5 Å².